The molecule has 0 aliphatic carbocycles. The minimum Gasteiger partial charge on any atom is -0.457 e. The fourth-order valence-electron chi connectivity index (χ4n) is 2.52. The topological polar surface area (TPSA) is 118 Å². The Hall–Kier alpha value is -0.810. The van der Waals surface area contributed by atoms with Crippen LogP contribution in [0.1, 0.15) is 26.2 Å². The third kappa shape index (κ3) is 4.58. The van der Waals surface area contributed by atoms with E-state index in [-0.39, 0.29) is 31.0 Å². The summed E-state index contributed by atoms with van der Waals surface area (Å²) in [7, 11) is 0. The average molecular weight is 307 g/mol. The van der Waals surface area contributed by atoms with Gasteiger partial charge in [-0.3, -0.25) is 15.2 Å². The number of esters is 1. The monoisotopic (exact) mass is 307 g/mol. The Balaban J connectivity index is 1.64. The second kappa shape index (κ2) is 7.45. The molecule has 2 saturated heterocycles. The van der Waals surface area contributed by atoms with Crippen LogP contribution in [-0.4, -0.2) is 70.6 Å². The zero-order valence-corrected chi connectivity index (χ0v) is 11.8. The first-order valence-electron chi connectivity index (χ1n) is 6.92. The molecule has 9 heteroatoms. The van der Waals surface area contributed by atoms with Crippen molar-refractivity contribution in [2.24, 2.45) is 0 Å². The Bertz CT molecular complexity index is 352. The molecule has 21 heavy (non-hydrogen) atoms. The third-order valence-corrected chi connectivity index (χ3v) is 3.53. The lowest BCUT2D eigenvalue weighted by Gasteiger charge is -2.17. The summed E-state index contributed by atoms with van der Waals surface area (Å²) in [6, 6.07) is 0. The molecule has 0 aromatic rings. The lowest BCUT2D eigenvalue weighted by atomic mass is 10.1. The van der Waals surface area contributed by atoms with Gasteiger partial charge in [0, 0.05) is 6.42 Å². The quantitative estimate of drug-likeness (QED) is 0.427. The predicted octanol–water partition coefficient (Wildman–Crippen LogP) is -0.372. The van der Waals surface area contributed by atoms with Crippen molar-refractivity contribution in [3.05, 3.63) is 0 Å². The highest BCUT2D eigenvalue weighted by Crippen LogP contribution is 2.29. The Labute approximate surface area is 121 Å². The van der Waals surface area contributed by atoms with Gasteiger partial charge in [-0.2, -0.15) is 0 Å². The Morgan fingerprint density at radius 3 is 2.76 bits per heavy atom. The zero-order chi connectivity index (χ0) is 15.4. The molecule has 0 amide bonds. The fraction of sp³-hybridized carbons (Fsp3) is 0.917. The maximum Gasteiger partial charge on any atom is 0.306 e. The molecule has 2 heterocycles. The Morgan fingerprint density at radius 2 is 2.05 bits per heavy atom. The van der Waals surface area contributed by atoms with Crippen LogP contribution in [0.15, 0.2) is 0 Å². The number of nitrogens with zero attached hydrogens (tertiary/aromatic N) is 1. The molecule has 0 aromatic carbocycles. The molecule has 0 radical (unpaired) electrons. The van der Waals surface area contributed by atoms with E-state index in [4.69, 9.17) is 24.6 Å². The van der Waals surface area contributed by atoms with E-state index in [1.54, 1.807) is 6.92 Å². The highest BCUT2D eigenvalue weighted by molar-refractivity contribution is 5.69. The van der Waals surface area contributed by atoms with E-state index < -0.39 is 30.5 Å². The van der Waals surface area contributed by atoms with Gasteiger partial charge >= 0.3 is 5.97 Å². The number of aliphatic hydroxyl groups excluding tert-OH is 1. The van der Waals surface area contributed by atoms with Crippen molar-refractivity contribution in [2.45, 2.75) is 56.7 Å². The summed E-state index contributed by atoms with van der Waals surface area (Å²) in [4.78, 5) is 16.3. The van der Waals surface area contributed by atoms with Crippen LogP contribution in [0.25, 0.3) is 0 Å². The van der Waals surface area contributed by atoms with Crippen LogP contribution in [0.3, 0.4) is 0 Å². The largest absolute Gasteiger partial charge is 0.457 e. The molecule has 0 bridgehead atoms. The van der Waals surface area contributed by atoms with Gasteiger partial charge in [-0.05, 0) is 19.8 Å². The number of carbonyl (C=O) groups is 1. The van der Waals surface area contributed by atoms with Crippen molar-refractivity contribution in [3.63, 3.8) is 0 Å². The first kappa shape index (κ1) is 16.6. The van der Waals surface area contributed by atoms with E-state index in [1.807, 2.05) is 0 Å². The molecule has 2 aliphatic rings. The van der Waals surface area contributed by atoms with E-state index in [0.29, 0.717) is 12.8 Å². The first-order valence-corrected chi connectivity index (χ1v) is 6.92. The Kier molecular flexibility index (Phi) is 5.88. The standard InChI is InChI=1S/C12H21NO8/c1-7(21-13(16)17)3-2-4-10(15)20-9-6-19-11-8(14)5-18-12(9)11/h7-9,11-12,14,16-17H,2-6H2,1H3/t7-,8+,9+,11+,12+/m0/s1. The summed E-state index contributed by atoms with van der Waals surface area (Å²) >= 11 is 0. The number of hydrogen-bond donors (Lipinski definition) is 3. The first-order chi connectivity index (χ1) is 9.97. The van der Waals surface area contributed by atoms with Crippen LogP contribution in [-0.2, 0) is 23.8 Å². The molecule has 0 aromatic heterocycles. The molecule has 0 spiro atoms. The van der Waals surface area contributed by atoms with Gasteiger partial charge in [0.15, 0.2) is 6.10 Å². The van der Waals surface area contributed by atoms with Crippen LogP contribution in [0.5, 0.6) is 0 Å². The molecule has 9 nitrogen and oxygen atoms in total. The summed E-state index contributed by atoms with van der Waals surface area (Å²) in [5.41, 5.74) is 0. The molecular weight excluding hydrogens is 286 g/mol. The van der Waals surface area contributed by atoms with Crippen molar-refractivity contribution in [1.82, 2.24) is 5.39 Å². The van der Waals surface area contributed by atoms with Gasteiger partial charge in [0.1, 0.15) is 18.3 Å². The number of hydrogen-bond acceptors (Lipinski definition) is 9. The van der Waals surface area contributed by atoms with E-state index in [1.165, 1.54) is 0 Å². The number of rotatable bonds is 7. The van der Waals surface area contributed by atoms with Gasteiger partial charge in [0.05, 0.1) is 24.7 Å². The highest BCUT2D eigenvalue weighted by Gasteiger charge is 2.48. The minimum atomic E-state index is -0.670. The molecule has 2 rings (SSSR count). The van der Waals surface area contributed by atoms with Crippen LogP contribution < -0.4 is 0 Å². The molecule has 2 fully saturated rings. The van der Waals surface area contributed by atoms with Crippen molar-refractivity contribution in [2.75, 3.05) is 13.2 Å². The normalized spacial score (nSPS) is 33.2. The predicted molar refractivity (Wildman–Crippen MR) is 65.2 cm³/mol. The van der Waals surface area contributed by atoms with E-state index >= 15 is 0 Å². The molecule has 2 aliphatic heterocycles. The molecule has 5 atom stereocenters. The average Bonchev–Trinajstić information content (AvgIpc) is 2.93. The maximum absolute atomic E-state index is 11.7. The van der Waals surface area contributed by atoms with Crippen molar-refractivity contribution in [1.29, 1.82) is 0 Å². The van der Waals surface area contributed by atoms with Crippen LogP contribution in [0.4, 0.5) is 0 Å². The number of ether oxygens (including phenoxy) is 3. The molecule has 3 N–H and O–H groups in total. The number of carbonyl (C=O) groups excluding carboxylic acids is 1. The van der Waals surface area contributed by atoms with E-state index in [0.717, 1.165) is 0 Å². The second-order valence-electron chi connectivity index (χ2n) is 5.25. The van der Waals surface area contributed by atoms with Crippen molar-refractivity contribution in [3.8, 4) is 0 Å². The van der Waals surface area contributed by atoms with E-state index in [2.05, 4.69) is 4.84 Å². The maximum atomic E-state index is 11.7. The van der Waals surface area contributed by atoms with Gasteiger partial charge in [-0.1, -0.05) is 0 Å². The lowest BCUT2D eigenvalue weighted by Crippen LogP contribution is -2.34. The van der Waals surface area contributed by atoms with Gasteiger partial charge in [-0.25, -0.2) is 4.84 Å². The number of aliphatic hydroxyl groups is 1. The summed E-state index contributed by atoms with van der Waals surface area (Å²) in [6.45, 7) is 2.06. The second-order valence-corrected chi connectivity index (χ2v) is 5.25. The van der Waals surface area contributed by atoms with Gasteiger partial charge < -0.3 is 19.3 Å². The van der Waals surface area contributed by atoms with Gasteiger partial charge in [0.2, 0.25) is 0 Å². The smallest absolute Gasteiger partial charge is 0.306 e. The molecule has 0 saturated carbocycles. The van der Waals surface area contributed by atoms with Crippen LogP contribution >= 0.6 is 0 Å². The van der Waals surface area contributed by atoms with Crippen LogP contribution in [0.2, 0.25) is 0 Å². The molecule has 122 valence electrons. The van der Waals surface area contributed by atoms with Gasteiger partial charge in [0.25, 0.3) is 0 Å². The lowest BCUT2D eigenvalue weighted by molar-refractivity contribution is -0.503. The highest BCUT2D eigenvalue weighted by atomic mass is 17.1. The minimum absolute atomic E-state index is 0.182. The van der Waals surface area contributed by atoms with E-state index in [9.17, 15) is 9.90 Å². The Morgan fingerprint density at radius 1 is 1.33 bits per heavy atom. The SMILES string of the molecule is C[C@@H](CCCC(=O)O[C@@H]1CO[C@H]2[C@@H]1OC[C@H]2O)ON(O)O. The summed E-state index contributed by atoms with van der Waals surface area (Å²) in [6.07, 6.45) is -1.27. The summed E-state index contributed by atoms with van der Waals surface area (Å²) in [5, 5.41) is 26.1. The van der Waals surface area contributed by atoms with Crippen molar-refractivity contribution < 1.29 is 39.4 Å². The number of fused-ring (bicyclic) bond motifs is 1. The summed E-state index contributed by atoms with van der Waals surface area (Å²) < 4.78 is 16.0. The molecular formula is C12H21NO8. The zero-order valence-electron chi connectivity index (χ0n) is 11.8. The van der Waals surface area contributed by atoms with Gasteiger partial charge in [-0.15, -0.1) is 0 Å². The fourth-order valence-corrected chi connectivity index (χ4v) is 2.52. The van der Waals surface area contributed by atoms with Crippen LogP contribution in [0, 0.1) is 0 Å². The van der Waals surface area contributed by atoms with Crippen molar-refractivity contribution >= 4 is 5.97 Å². The molecule has 0 unspecified atom stereocenters. The third-order valence-electron chi connectivity index (χ3n) is 3.53. The summed E-state index contributed by atoms with van der Waals surface area (Å²) in [5.74, 6) is -0.383.